The highest BCUT2D eigenvalue weighted by Gasteiger charge is 2.48. The van der Waals surface area contributed by atoms with Crippen LogP contribution >= 0.6 is 11.3 Å². The standard InChI is InChI=1S/C49H44N14S/c1-28-36-12-10-29-16-35(11-13-37(29)44(28)36)56-46-48-52-23-42(62(48)26-38(57-46)31-7-4-14-50-18-31)34-21-55-63(25-34)40-9-3-6-30-17-43(64-45(30)40)59-47-49-53-22-41(33-20-54-60(2)24-33)61(49)27-39(58-47)32-8-5-15-51-19-32/h3,6-13,16-17,20-28,36,44,50-51H,4-5,14-15,18-19H2,1-2H3,(H,56,57)(H,58,59). The first-order valence-corrected chi connectivity index (χ1v) is 22.8. The molecule has 0 bridgehead atoms. The van der Waals surface area contributed by atoms with E-state index >= 15 is 0 Å². The van der Waals surface area contributed by atoms with Gasteiger partial charge in [-0.15, -0.1) is 11.3 Å². The molecule has 1 saturated carbocycles. The molecule has 3 atom stereocenters. The summed E-state index contributed by atoms with van der Waals surface area (Å²) in [5.74, 6) is 3.44. The summed E-state index contributed by atoms with van der Waals surface area (Å²) < 4.78 is 9.15. The smallest absolute Gasteiger partial charge is 0.181 e. The molecule has 0 radical (unpaired) electrons. The summed E-state index contributed by atoms with van der Waals surface area (Å²) in [6.45, 7) is 5.81. The summed E-state index contributed by atoms with van der Waals surface area (Å²) in [4.78, 5) is 20.2. The fourth-order valence-electron chi connectivity index (χ4n) is 9.84. The summed E-state index contributed by atoms with van der Waals surface area (Å²) in [5.41, 5.74) is 14.2. The molecule has 1 fully saturated rings. The van der Waals surface area contributed by atoms with Crippen LogP contribution in [0.1, 0.15) is 48.2 Å². The van der Waals surface area contributed by atoms with Gasteiger partial charge in [0, 0.05) is 61.7 Å². The van der Waals surface area contributed by atoms with Crippen molar-refractivity contribution in [3.63, 3.8) is 0 Å². The highest BCUT2D eigenvalue weighted by Crippen LogP contribution is 2.58. The molecular formula is C49H44N14S. The van der Waals surface area contributed by atoms with Crippen molar-refractivity contribution in [1.82, 2.24) is 58.9 Å². The third kappa shape index (κ3) is 6.29. The van der Waals surface area contributed by atoms with Crippen LogP contribution < -0.4 is 21.3 Å². The molecule has 0 spiro atoms. The number of benzene rings is 2. The van der Waals surface area contributed by atoms with Crippen LogP contribution in [0.4, 0.5) is 22.3 Å². The maximum atomic E-state index is 5.19. The Balaban J connectivity index is 0.848. The molecule has 3 unspecified atom stereocenters. The number of aryl methyl sites for hydroxylation is 1. The first-order chi connectivity index (χ1) is 31.5. The highest BCUT2D eigenvalue weighted by atomic mass is 32.1. The quantitative estimate of drug-likeness (QED) is 0.111. The van der Waals surface area contributed by atoms with Crippen molar-refractivity contribution in [1.29, 1.82) is 0 Å². The lowest BCUT2D eigenvalue weighted by Gasteiger charge is -2.17. The van der Waals surface area contributed by atoms with Gasteiger partial charge in [-0.2, -0.15) is 10.2 Å². The van der Waals surface area contributed by atoms with Crippen molar-refractivity contribution in [3.05, 3.63) is 133 Å². The Morgan fingerprint density at radius 2 is 1.45 bits per heavy atom. The summed E-state index contributed by atoms with van der Waals surface area (Å²) in [5, 5.41) is 25.8. The number of anilines is 4. The van der Waals surface area contributed by atoms with Crippen LogP contribution in [0.15, 0.2) is 110 Å². The van der Waals surface area contributed by atoms with Crippen molar-refractivity contribution < 1.29 is 0 Å². The minimum Gasteiger partial charge on any atom is -0.337 e. The predicted octanol–water partition coefficient (Wildman–Crippen LogP) is 8.86. The summed E-state index contributed by atoms with van der Waals surface area (Å²) in [7, 11) is 1.93. The average molecular weight is 861 g/mol. The zero-order chi connectivity index (χ0) is 42.5. The minimum absolute atomic E-state index is 0.637. The van der Waals surface area contributed by atoms with E-state index in [1.54, 1.807) is 11.3 Å². The third-order valence-corrected chi connectivity index (χ3v) is 14.3. The van der Waals surface area contributed by atoms with E-state index in [4.69, 9.17) is 25.0 Å². The van der Waals surface area contributed by atoms with Gasteiger partial charge < -0.3 is 21.3 Å². The Kier molecular flexibility index (Phi) is 8.58. The second-order valence-electron chi connectivity index (χ2n) is 17.3. The molecule has 13 rings (SSSR count). The van der Waals surface area contributed by atoms with Crippen LogP contribution in [0, 0.1) is 11.8 Å². The van der Waals surface area contributed by atoms with Crippen molar-refractivity contribution in [2.75, 3.05) is 36.8 Å². The number of imidazole rings is 2. The fraction of sp³-hybridized carbons (Fsp3) is 0.224. The average Bonchev–Trinajstić information content (AvgIpc) is 4.05. The van der Waals surface area contributed by atoms with Crippen LogP contribution in [0.2, 0.25) is 0 Å². The van der Waals surface area contributed by atoms with E-state index in [0.717, 1.165) is 116 Å². The molecule has 9 aromatic rings. The van der Waals surface area contributed by atoms with Crippen LogP contribution in [-0.4, -0.2) is 74.5 Å². The molecule has 2 aliphatic heterocycles. The van der Waals surface area contributed by atoms with Crippen molar-refractivity contribution in [2.45, 2.75) is 25.7 Å². The van der Waals surface area contributed by atoms with Crippen LogP contribution in [0.3, 0.4) is 0 Å². The fourth-order valence-corrected chi connectivity index (χ4v) is 10.9. The molecule has 14 nitrogen and oxygen atoms in total. The molecule has 9 heterocycles. The maximum absolute atomic E-state index is 5.19. The second-order valence-corrected chi connectivity index (χ2v) is 18.4. The maximum Gasteiger partial charge on any atom is 0.181 e. The second kappa shape index (κ2) is 14.7. The van der Waals surface area contributed by atoms with Gasteiger partial charge in [0.1, 0.15) is 0 Å². The Morgan fingerprint density at radius 3 is 2.14 bits per heavy atom. The number of aromatic nitrogens is 10. The zero-order valence-electron chi connectivity index (χ0n) is 35.3. The number of allylic oxidation sites excluding steroid dienone is 1. The molecule has 64 heavy (non-hydrogen) atoms. The SMILES string of the molecule is CC1C2C=Cc3cc(Nc4nc(C5=CCCNC5)cn5c(-c6cnn(-c7cccc8cc(Nc9nc(C%10=CCCNC%10)cn%10c(-c%11cnn(C)c%11)cnc9%10)sc78)c6)cnc45)ccc3C12. The Hall–Kier alpha value is -7.20. The van der Waals surface area contributed by atoms with Gasteiger partial charge in [-0.1, -0.05) is 49.4 Å². The Labute approximate surface area is 372 Å². The third-order valence-electron chi connectivity index (χ3n) is 13.2. The summed E-state index contributed by atoms with van der Waals surface area (Å²) in [6.07, 6.45) is 27.1. The van der Waals surface area contributed by atoms with Gasteiger partial charge in [0.25, 0.3) is 0 Å². The largest absolute Gasteiger partial charge is 0.337 e. The molecular weight excluding hydrogens is 817 g/mol. The number of hydrogen-bond acceptors (Lipinski definition) is 11. The van der Waals surface area contributed by atoms with E-state index in [2.05, 4.69) is 127 Å². The number of thiophene rings is 1. The number of hydrogen-bond donors (Lipinski definition) is 4. The number of rotatable bonds is 9. The number of nitrogens with one attached hydrogen (secondary N) is 4. The molecule has 2 aromatic carbocycles. The van der Waals surface area contributed by atoms with Crippen LogP contribution in [0.5, 0.6) is 0 Å². The van der Waals surface area contributed by atoms with Gasteiger partial charge in [-0.25, -0.2) is 24.6 Å². The Morgan fingerprint density at radius 1 is 0.750 bits per heavy atom. The van der Waals surface area contributed by atoms with E-state index in [1.165, 1.54) is 22.3 Å². The lowest BCUT2D eigenvalue weighted by atomic mass is 9.96. The van der Waals surface area contributed by atoms with E-state index in [1.807, 2.05) is 47.4 Å². The summed E-state index contributed by atoms with van der Waals surface area (Å²) >= 11 is 1.67. The normalized spacial score (nSPS) is 19.2. The topological polar surface area (TPSA) is 144 Å². The van der Waals surface area contributed by atoms with Gasteiger partial charge >= 0.3 is 0 Å². The first kappa shape index (κ1) is 37.4. The van der Waals surface area contributed by atoms with Crippen molar-refractivity contribution >= 4 is 72.3 Å². The van der Waals surface area contributed by atoms with Gasteiger partial charge in [0.05, 0.1) is 63.0 Å². The molecule has 0 amide bonds. The lowest BCUT2D eigenvalue weighted by Crippen LogP contribution is -2.22. The monoisotopic (exact) mass is 860 g/mol. The van der Waals surface area contributed by atoms with E-state index in [9.17, 15) is 0 Å². The number of fused-ring (bicyclic) bond motifs is 6. The van der Waals surface area contributed by atoms with E-state index in [0.29, 0.717) is 23.6 Å². The van der Waals surface area contributed by atoms with Crippen molar-refractivity contribution in [2.24, 2.45) is 18.9 Å². The van der Waals surface area contributed by atoms with E-state index < -0.39 is 0 Å². The van der Waals surface area contributed by atoms with Crippen molar-refractivity contribution in [3.8, 4) is 28.2 Å². The molecule has 4 N–H and O–H groups in total. The lowest BCUT2D eigenvalue weighted by molar-refractivity contribution is 0.737. The van der Waals surface area contributed by atoms with Gasteiger partial charge in [-0.05, 0) is 95.6 Å². The van der Waals surface area contributed by atoms with Gasteiger partial charge in [0.2, 0.25) is 0 Å². The zero-order valence-corrected chi connectivity index (χ0v) is 36.1. The van der Waals surface area contributed by atoms with Crippen LogP contribution in [-0.2, 0) is 7.05 Å². The molecule has 0 saturated heterocycles. The molecule has 2 aliphatic carbocycles. The van der Waals surface area contributed by atoms with Gasteiger partial charge in [0.15, 0.2) is 22.9 Å². The van der Waals surface area contributed by atoms with E-state index in [-0.39, 0.29) is 0 Å². The van der Waals surface area contributed by atoms with Gasteiger partial charge in [-0.3, -0.25) is 13.5 Å². The summed E-state index contributed by atoms with van der Waals surface area (Å²) in [6, 6.07) is 15.2. The molecule has 7 aromatic heterocycles. The Bertz CT molecular complexity index is 3430. The highest BCUT2D eigenvalue weighted by molar-refractivity contribution is 7.23. The van der Waals surface area contributed by atoms with Crippen LogP contribution in [0.25, 0.3) is 66.8 Å². The first-order valence-electron chi connectivity index (χ1n) is 22.0. The molecule has 316 valence electrons. The molecule has 15 heteroatoms. The number of nitrogens with zero attached hydrogens (tertiary/aromatic N) is 10. The molecule has 4 aliphatic rings. The minimum atomic E-state index is 0.637. The predicted molar refractivity (Wildman–Crippen MR) is 254 cm³/mol.